The second kappa shape index (κ2) is 10.00. The minimum atomic E-state index is 0.190. The molecule has 0 N–H and O–H groups in total. The fraction of sp³-hybridized carbons (Fsp3) is 0.481. The number of piperazine rings is 1. The number of benzene rings is 1. The van der Waals surface area contributed by atoms with Crippen molar-refractivity contribution in [3.05, 3.63) is 41.0 Å². The molecule has 0 saturated carbocycles. The van der Waals surface area contributed by atoms with E-state index in [2.05, 4.69) is 47.3 Å². The summed E-state index contributed by atoms with van der Waals surface area (Å²) in [6, 6.07) is 10.7. The van der Waals surface area contributed by atoms with Crippen molar-refractivity contribution in [1.82, 2.24) is 29.3 Å². The van der Waals surface area contributed by atoms with Crippen LogP contribution in [0, 0.1) is 0 Å². The normalized spacial score (nSPS) is 17.6. The van der Waals surface area contributed by atoms with Gasteiger partial charge in [-0.05, 0) is 32.0 Å². The molecule has 0 atom stereocenters. The first-order valence-electron chi connectivity index (χ1n) is 13.1. The minimum Gasteiger partial charge on any atom is -0.378 e. The molecule has 37 heavy (non-hydrogen) atoms. The van der Waals surface area contributed by atoms with E-state index in [1.807, 2.05) is 23.1 Å². The number of carbonyl (C=O) groups is 1. The van der Waals surface area contributed by atoms with Crippen LogP contribution in [0.3, 0.4) is 0 Å². The maximum Gasteiger partial charge on any atom is 0.238 e. The highest BCUT2D eigenvalue weighted by atomic mass is 32.1. The molecule has 9 nitrogen and oxygen atoms in total. The molecule has 194 valence electrons. The molecule has 0 aliphatic carbocycles. The number of hydrogen-bond acceptors (Lipinski definition) is 8. The SMILES string of the molecule is CCc1nc2ccccc2n1-c1nc(N2CCOCC2)c2sc(CN3CCN(C(C)C)CC3=O)cc2n1. The fourth-order valence-corrected chi connectivity index (χ4v) is 6.31. The lowest BCUT2D eigenvalue weighted by Crippen LogP contribution is -2.51. The van der Waals surface area contributed by atoms with Crippen molar-refractivity contribution in [1.29, 1.82) is 0 Å². The van der Waals surface area contributed by atoms with Gasteiger partial charge in [0.05, 0.1) is 47.6 Å². The summed E-state index contributed by atoms with van der Waals surface area (Å²) in [5.41, 5.74) is 2.87. The summed E-state index contributed by atoms with van der Waals surface area (Å²) in [7, 11) is 0. The predicted octanol–water partition coefficient (Wildman–Crippen LogP) is 3.48. The van der Waals surface area contributed by atoms with Crippen LogP contribution in [0.4, 0.5) is 5.82 Å². The summed E-state index contributed by atoms with van der Waals surface area (Å²) < 4.78 is 8.78. The van der Waals surface area contributed by atoms with Crippen molar-refractivity contribution in [2.75, 3.05) is 50.8 Å². The second-order valence-corrected chi connectivity index (χ2v) is 11.1. The molecular weight excluding hydrogens is 486 g/mol. The van der Waals surface area contributed by atoms with Gasteiger partial charge in [0.25, 0.3) is 0 Å². The number of carbonyl (C=O) groups excluding carboxylic acids is 1. The molecule has 0 unspecified atom stereocenters. The van der Waals surface area contributed by atoms with Gasteiger partial charge >= 0.3 is 0 Å². The second-order valence-electron chi connectivity index (χ2n) is 9.96. The van der Waals surface area contributed by atoms with Gasteiger partial charge in [-0.25, -0.2) is 9.97 Å². The first kappa shape index (κ1) is 24.3. The number of thiophene rings is 1. The number of para-hydroxylation sites is 2. The van der Waals surface area contributed by atoms with Gasteiger partial charge in [0.1, 0.15) is 5.82 Å². The number of nitrogens with zero attached hydrogens (tertiary/aromatic N) is 7. The molecule has 2 fully saturated rings. The Morgan fingerprint density at radius 2 is 1.84 bits per heavy atom. The molecule has 0 radical (unpaired) electrons. The molecule has 0 spiro atoms. The summed E-state index contributed by atoms with van der Waals surface area (Å²) in [5.74, 6) is 2.72. The van der Waals surface area contributed by atoms with Gasteiger partial charge in [-0.1, -0.05) is 19.1 Å². The lowest BCUT2D eigenvalue weighted by Gasteiger charge is -2.36. The van der Waals surface area contributed by atoms with E-state index in [1.165, 1.54) is 0 Å². The van der Waals surface area contributed by atoms with Crippen molar-refractivity contribution in [2.24, 2.45) is 0 Å². The topological polar surface area (TPSA) is 79.6 Å². The lowest BCUT2D eigenvalue weighted by atomic mass is 10.2. The highest BCUT2D eigenvalue weighted by molar-refractivity contribution is 7.19. The van der Waals surface area contributed by atoms with E-state index in [-0.39, 0.29) is 5.91 Å². The number of rotatable bonds is 6. The number of aromatic nitrogens is 4. The zero-order chi connectivity index (χ0) is 25.5. The zero-order valence-corrected chi connectivity index (χ0v) is 22.5. The van der Waals surface area contributed by atoms with Crippen LogP contribution in [0.15, 0.2) is 30.3 Å². The van der Waals surface area contributed by atoms with E-state index in [0.29, 0.717) is 38.3 Å². The van der Waals surface area contributed by atoms with Crippen molar-refractivity contribution in [3.63, 3.8) is 0 Å². The Balaban J connectivity index is 1.41. The molecule has 5 heterocycles. The van der Waals surface area contributed by atoms with Crippen LogP contribution < -0.4 is 4.90 Å². The van der Waals surface area contributed by atoms with Crippen molar-refractivity contribution < 1.29 is 9.53 Å². The van der Waals surface area contributed by atoms with Crippen LogP contribution in [0.25, 0.3) is 27.2 Å². The van der Waals surface area contributed by atoms with Crippen LogP contribution in [-0.4, -0.2) is 87.2 Å². The average molecular weight is 520 g/mol. The number of amides is 1. The Kier molecular flexibility index (Phi) is 6.56. The van der Waals surface area contributed by atoms with E-state index in [0.717, 1.165) is 70.4 Å². The van der Waals surface area contributed by atoms with Gasteiger partial charge in [0.15, 0.2) is 5.82 Å². The largest absolute Gasteiger partial charge is 0.378 e. The fourth-order valence-electron chi connectivity index (χ4n) is 5.18. The van der Waals surface area contributed by atoms with Gasteiger partial charge in [-0.3, -0.25) is 14.3 Å². The number of imidazole rings is 1. The third-order valence-corrected chi connectivity index (χ3v) is 8.38. The Morgan fingerprint density at radius 1 is 1.03 bits per heavy atom. The number of aryl methyl sites for hydroxylation is 1. The highest BCUT2D eigenvalue weighted by Gasteiger charge is 2.27. The monoisotopic (exact) mass is 519 g/mol. The summed E-state index contributed by atoms with van der Waals surface area (Å²) >= 11 is 1.70. The van der Waals surface area contributed by atoms with E-state index in [1.54, 1.807) is 11.3 Å². The van der Waals surface area contributed by atoms with Crippen LogP contribution in [0.1, 0.15) is 31.5 Å². The van der Waals surface area contributed by atoms with E-state index >= 15 is 0 Å². The first-order valence-corrected chi connectivity index (χ1v) is 13.9. The van der Waals surface area contributed by atoms with Gasteiger partial charge in [-0.15, -0.1) is 11.3 Å². The molecular formula is C27H33N7O2S. The smallest absolute Gasteiger partial charge is 0.238 e. The van der Waals surface area contributed by atoms with E-state index < -0.39 is 0 Å². The highest BCUT2D eigenvalue weighted by Crippen LogP contribution is 2.35. The maximum absolute atomic E-state index is 12.9. The van der Waals surface area contributed by atoms with Gasteiger partial charge in [-0.2, -0.15) is 4.98 Å². The quantitative estimate of drug-likeness (QED) is 0.386. The summed E-state index contributed by atoms with van der Waals surface area (Å²) in [4.78, 5) is 35.6. The number of morpholine rings is 1. The number of ether oxygens (including phenoxy) is 1. The third-order valence-electron chi connectivity index (χ3n) is 7.28. The molecule has 1 amide bonds. The van der Waals surface area contributed by atoms with Crippen molar-refractivity contribution in [3.8, 4) is 5.95 Å². The first-order chi connectivity index (χ1) is 18.0. The molecule has 2 aliphatic heterocycles. The molecule has 1 aromatic carbocycles. The molecule has 10 heteroatoms. The summed E-state index contributed by atoms with van der Waals surface area (Å²) in [6.45, 7) is 12.1. The molecule has 6 rings (SSSR count). The molecule has 2 aliphatic rings. The molecule has 0 bridgehead atoms. The summed E-state index contributed by atoms with van der Waals surface area (Å²) in [6.07, 6.45) is 0.780. The number of hydrogen-bond donors (Lipinski definition) is 0. The Bertz CT molecular complexity index is 1440. The Labute approximate surface area is 220 Å². The van der Waals surface area contributed by atoms with Gasteiger partial charge < -0.3 is 14.5 Å². The zero-order valence-electron chi connectivity index (χ0n) is 21.7. The van der Waals surface area contributed by atoms with Crippen molar-refractivity contribution in [2.45, 2.75) is 39.8 Å². The van der Waals surface area contributed by atoms with Crippen LogP contribution in [-0.2, 0) is 22.5 Å². The molecule has 3 aromatic heterocycles. The molecule has 2 saturated heterocycles. The van der Waals surface area contributed by atoms with E-state index in [9.17, 15) is 4.79 Å². The predicted molar refractivity (Wildman–Crippen MR) is 147 cm³/mol. The summed E-state index contributed by atoms with van der Waals surface area (Å²) in [5, 5.41) is 0. The Hall–Kier alpha value is -3.08. The third kappa shape index (κ3) is 4.58. The standard InChI is InChI=1S/C27H33N7O2S/c1-4-23-28-20-7-5-6-8-22(20)34(23)27-29-21-15-19(16-33-10-9-32(18(2)3)17-24(33)35)37-25(21)26(30-27)31-11-13-36-14-12-31/h5-8,15,18H,4,9-14,16-17H2,1-3H3. The van der Waals surface area contributed by atoms with Crippen molar-refractivity contribution >= 4 is 44.3 Å². The average Bonchev–Trinajstić information content (AvgIpc) is 3.50. The minimum absolute atomic E-state index is 0.190. The van der Waals surface area contributed by atoms with Gasteiger partial charge in [0.2, 0.25) is 11.9 Å². The van der Waals surface area contributed by atoms with Crippen LogP contribution in [0.5, 0.6) is 0 Å². The van der Waals surface area contributed by atoms with Crippen LogP contribution in [0.2, 0.25) is 0 Å². The maximum atomic E-state index is 12.9. The number of anilines is 1. The number of fused-ring (bicyclic) bond motifs is 2. The van der Waals surface area contributed by atoms with Crippen LogP contribution >= 0.6 is 11.3 Å². The molecule has 4 aromatic rings. The lowest BCUT2D eigenvalue weighted by molar-refractivity contribution is -0.137. The van der Waals surface area contributed by atoms with Gasteiger partial charge in [0, 0.05) is 43.5 Å². The van der Waals surface area contributed by atoms with E-state index in [4.69, 9.17) is 19.7 Å². The Morgan fingerprint density at radius 3 is 2.59 bits per heavy atom.